The number of nitrogens with two attached hydrogens (primary N) is 1. The number of hydrogen-bond donors (Lipinski definition) is 1. The minimum Gasteiger partial charge on any atom is -0.494 e. The van der Waals surface area contributed by atoms with Crippen LogP contribution in [0.2, 0.25) is 0 Å². The first-order valence-corrected chi connectivity index (χ1v) is 6.70. The molecule has 2 rings (SSSR count). The van der Waals surface area contributed by atoms with Crippen LogP contribution >= 0.6 is 0 Å². The normalized spacial score (nSPS) is 12.4. The molecule has 2 N–H and O–H groups in total. The lowest BCUT2D eigenvalue weighted by molar-refractivity contribution is 0.340. The second kappa shape index (κ2) is 6.38. The number of ether oxygens (including phenoxy) is 1. The second-order valence-electron chi connectivity index (χ2n) is 4.47. The molecule has 0 saturated carbocycles. The molecule has 0 radical (unpaired) electrons. The molecule has 0 aliphatic heterocycles. The maximum atomic E-state index is 6.02. The lowest BCUT2D eigenvalue weighted by atomic mass is 10.1. The van der Waals surface area contributed by atoms with E-state index >= 15 is 0 Å². The van der Waals surface area contributed by atoms with Gasteiger partial charge in [-0.25, -0.2) is 0 Å². The van der Waals surface area contributed by atoms with Gasteiger partial charge in [0.2, 0.25) is 0 Å². The van der Waals surface area contributed by atoms with Gasteiger partial charge >= 0.3 is 0 Å². The van der Waals surface area contributed by atoms with Gasteiger partial charge in [0.05, 0.1) is 12.6 Å². The topological polar surface area (TPSA) is 61.3 Å². The van der Waals surface area contributed by atoms with Crippen molar-refractivity contribution < 1.29 is 9.26 Å². The lowest BCUT2D eigenvalue weighted by Gasteiger charge is -2.04. The van der Waals surface area contributed by atoms with E-state index in [-0.39, 0.29) is 6.04 Å². The molecular weight excluding hydrogens is 240 g/mol. The van der Waals surface area contributed by atoms with Gasteiger partial charge in [-0.05, 0) is 25.5 Å². The third-order valence-corrected chi connectivity index (χ3v) is 2.93. The van der Waals surface area contributed by atoms with E-state index in [0.717, 1.165) is 35.6 Å². The third-order valence-electron chi connectivity index (χ3n) is 2.93. The zero-order chi connectivity index (χ0) is 13.7. The van der Waals surface area contributed by atoms with E-state index in [1.807, 2.05) is 37.3 Å². The molecule has 1 atom stereocenters. The number of aromatic nitrogens is 1. The van der Waals surface area contributed by atoms with Gasteiger partial charge in [0, 0.05) is 11.6 Å². The van der Waals surface area contributed by atoms with Crippen LogP contribution in [0.5, 0.6) is 5.75 Å². The van der Waals surface area contributed by atoms with Gasteiger partial charge in [0.15, 0.2) is 5.76 Å². The summed E-state index contributed by atoms with van der Waals surface area (Å²) in [5, 5.41) is 4.08. The summed E-state index contributed by atoms with van der Waals surface area (Å²) >= 11 is 0. The maximum absolute atomic E-state index is 6.02. The highest BCUT2D eigenvalue weighted by molar-refractivity contribution is 5.61. The fraction of sp³-hybridized carbons (Fsp3) is 0.400. The van der Waals surface area contributed by atoms with Crippen LogP contribution in [0.25, 0.3) is 11.3 Å². The Hall–Kier alpha value is -1.81. The van der Waals surface area contributed by atoms with Crippen molar-refractivity contribution in [1.82, 2.24) is 5.16 Å². The van der Waals surface area contributed by atoms with E-state index in [9.17, 15) is 0 Å². The van der Waals surface area contributed by atoms with Gasteiger partial charge < -0.3 is 15.0 Å². The Labute approximate surface area is 113 Å². The van der Waals surface area contributed by atoms with E-state index in [2.05, 4.69) is 12.1 Å². The van der Waals surface area contributed by atoms with E-state index in [4.69, 9.17) is 15.0 Å². The zero-order valence-corrected chi connectivity index (χ0v) is 11.4. The van der Waals surface area contributed by atoms with Crippen LogP contribution in [0.4, 0.5) is 0 Å². The molecule has 0 spiro atoms. The predicted molar refractivity (Wildman–Crippen MR) is 74.9 cm³/mol. The molecule has 19 heavy (non-hydrogen) atoms. The predicted octanol–water partition coefficient (Wildman–Crippen LogP) is 3.54. The van der Waals surface area contributed by atoms with Gasteiger partial charge in [-0.1, -0.05) is 30.6 Å². The van der Waals surface area contributed by atoms with Crippen molar-refractivity contribution in [3.63, 3.8) is 0 Å². The van der Waals surface area contributed by atoms with Crippen molar-refractivity contribution in [2.24, 2.45) is 5.73 Å². The van der Waals surface area contributed by atoms with Crippen molar-refractivity contribution in [3.05, 3.63) is 36.1 Å². The van der Waals surface area contributed by atoms with Crippen molar-refractivity contribution in [2.45, 2.75) is 32.7 Å². The molecule has 2 aromatic rings. The van der Waals surface area contributed by atoms with Crippen molar-refractivity contribution in [2.75, 3.05) is 6.61 Å². The summed E-state index contributed by atoms with van der Waals surface area (Å²) in [6.45, 7) is 4.71. The largest absolute Gasteiger partial charge is 0.494 e. The van der Waals surface area contributed by atoms with Crippen molar-refractivity contribution in [3.8, 4) is 17.0 Å². The summed E-state index contributed by atoms with van der Waals surface area (Å²) in [7, 11) is 0. The first-order valence-electron chi connectivity index (χ1n) is 6.70. The summed E-state index contributed by atoms with van der Waals surface area (Å²) in [4.78, 5) is 0. The molecule has 1 unspecified atom stereocenters. The summed E-state index contributed by atoms with van der Waals surface area (Å²) in [6.07, 6.45) is 1.92. The Morgan fingerprint density at radius 1 is 1.32 bits per heavy atom. The maximum Gasteiger partial charge on any atom is 0.154 e. The monoisotopic (exact) mass is 260 g/mol. The van der Waals surface area contributed by atoms with Crippen LogP contribution in [-0.2, 0) is 0 Å². The van der Waals surface area contributed by atoms with E-state index in [0.29, 0.717) is 6.61 Å². The van der Waals surface area contributed by atoms with Crippen molar-refractivity contribution >= 4 is 0 Å². The molecule has 0 bridgehead atoms. The van der Waals surface area contributed by atoms with Crippen LogP contribution in [0.1, 0.15) is 38.5 Å². The number of hydrogen-bond acceptors (Lipinski definition) is 4. The summed E-state index contributed by atoms with van der Waals surface area (Å²) in [5.74, 6) is 1.57. The average Bonchev–Trinajstić information content (AvgIpc) is 2.89. The van der Waals surface area contributed by atoms with Gasteiger partial charge in [-0.15, -0.1) is 0 Å². The third kappa shape index (κ3) is 3.35. The highest BCUT2D eigenvalue weighted by Gasteiger charge is 2.13. The molecular formula is C15H20N2O2. The van der Waals surface area contributed by atoms with Gasteiger partial charge in [0.1, 0.15) is 11.4 Å². The molecule has 1 aromatic heterocycles. The molecule has 0 saturated heterocycles. The molecule has 0 aliphatic rings. The van der Waals surface area contributed by atoms with Crippen LogP contribution in [0.3, 0.4) is 0 Å². The molecule has 0 amide bonds. The SMILES string of the molecule is CCCC(N)c1cc(-c2cccc(OCC)c2)no1. The Morgan fingerprint density at radius 3 is 2.89 bits per heavy atom. The minimum absolute atomic E-state index is 0.0821. The van der Waals surface area contributed by atoms with Crippen LogP contribution in [-0.4, -0.2) is 11.8 Å². The molecule has 4 heteroatoms. The van der Waals surface area contributed by atoms with Crippen LogP contribution in [0, 0.1) is 0 Å². The Kier molecular flexibility index (Phi) is 4.58. The lowest BCUT2D eigenvalue weighted by Crippen LogP contribution is -2.08. The van der Waals surface area contributed by atoms with E-state index in [1.54, 1.807) is 0 Å². The number of nitrogens with zero attached hydrogens (tertiary/aromatic N) is 1. The standard InChI is InChI=1S/C15H20N2O2/c1-3-6-13(16)15-10-14(17-19-15)11-7-5-8-12(9-11)18-4-2/h5,7-10,13H,3-4,6,16H2,1-2H3. The minimum atomic E-state index is -0.0821. The first kappa shape index (κ1) is 13.6. The van der Waals surface area contributed by atoms with Crippen LogP contribution < -0.4 is 10.5 Å². The van der Waals surface area contributed by atoms with Crippen LogP contribution in [0.15, 0.2) is 34.9 Å². The molecule has 1 heterocycles. The quantitative estimate of drug-likeness (QED) is 0.863. The molecule has 4 nitrogen and oxygen atoms in total. The molecule has 102 valence electrons. The fourth-order valence-electron chi connectivity index (χ4n) is 1.97. The summed E-state index contributed by atoms with van der Waals surface area (Å²) < 4.78 is 10.8. The Bertz CT molecular complexity index is 522. The van der Waals surface area contributed by atoms with E-state index < -0.39 is 0 Å². The molecule has 0 fully saturated rings. The summed E-state index contributed by atoms with van der Waals surface area (Å²) in [6, 6.07) is 9.63. The zero-order valence-electron chi connectivity index (χ0n) is 11.4. The smallest absolute Gasteiger partial charge is 0.154 e. The highest BCUT2D eigenvalue weighted by atomic mass is 16.5. The number of benzene rings is 1. The first-order chi connectivity index (χ1) is 9.24. The fourth-order valence-corrected chi connectivity index (χ4v) is 1.97. The van der Waals surface area contributed by atoms with Crippen molar-refractivity contribution in [1.29, 1.82) is 0 Å². The van der Waals surface area contributed by atoms with Gasteiger partial charge in [0.25, 0.3) is 0 Å². The highest BCUT2D eigenvalue weighted by Crippen LogP contribution is 2.26. The summed E-state index contributed by atoms with van der Waals surface area (Å²) in [5.41, 5.74) is 7.79. The van der Waals surface area contributed by atoms with Gasteiger partial charge in [-0.2, -0.15) is 0 Å². The second-order valence-corrected chi connectivity index (χ2v) is 4.47. The molecule has 0 aliphatic carbocycles. The Morgan fingerprint density at radius 2 is 2.16 bits per heavy atom. The molecule has 1 aromatic carbocycles. The number of rotatable bonds is 6. The Balaban J connectivity index is 2.20. The van der Waals surface area contributed by atoms with E-state index in [1.165, 1.54) is 0 Å². The van der Waals surface area contributed by atoms with Gasteiger partial charge in [-0.3, -0.25) is 0 Å². The average molecular weight is 260 g/mol.